The molecule has 0 aromatic heterocycles. The van der Waals surface area contributed by atoms with Crippen molar-refractivity contribution in [3.63, 3.8) is 0 Å². The van der Waals surface area contributed by atoms with Crippen molar-refractivity contribution in [1.29, 1.82) is 0 Å². The summed E-state index contributed by atoms with van der Waals surface area (Å²) >= 11 is 0. The van der Waals surface area contributed by atoms with E-state index in [1.165, 1.54) is 108 Å². The molecule has 0 unspecified atom stereocenters. The van der Waals surface area contributed by atoms with Gasteiger partial charge in [-0.1, -0.05) is 139 Å². The Morgan fingerprint density at radius 2 is 0.967 bits per heavy atom. The predicted molar refractivity (Wildman–Crippen MR) is 132 cm³/mol. The molecule has 4 N–H and O–H groups in total. The maximum Gasteiger partial charge on any atom is 0.692 e. The Kier molecular flexibility index (Phi) is 29.5. The maximum absolute atomic E-state index is 8.70. The summed E-state index contributed by atoms with van der Waals surface area (Å²) in [6, 6.07) is 10.3. The van der Waals surface area contributed by atoms with Crippen molar-refractivity contribution in [2.75, 3.05) is 6.54 Å². The van der Waals surface area contributed by atoms with Crippen molar-refractivity contribution in [3.05, 3.63) is 35.9 Å². The van der Waals surface area contributed by atoms with E-state index in [0.717, 1.165) is 6.54 Å². The Labute approximate surface area is 187 Å². The van der Waals surface area contributed by atoms with Crippen molar-refractivity contribution in [2.45, 2.75) is 117 Å². The lowest BCUT2D eigenvalue weighted by Crippen LogP contribution is -1.97. The summed E-state index contributed by atoms with van der Waals surface area (Å²) in [4.78, 5) is 14.2. The minimum absolute atomic E-state index is 0.873. The van der Waals surface area contributed by atoms with Gasteiger partial charge in [0, 0.05) is 4.57 Å². The summed E-state index contributed by atoms with van der Waals surface area (Å²) in [5, 5.41) is 0. The van der Waals surface area contributed by atoms with E-state index in [-0.39, 0.29) is 0 Å². The van der Waals surface area contributed by atoms with Gasteiger partial charge in [0.25, 0.3) is 0 Å². The average molecular weight is 443 g/mol. The van der Waals surface area contributed by atoms with Gasteiger partial charge in [-0.25, -0.2) is 0 Å². The van der Waals surface area contributed by atoms with Gasteiger partial charge in [-0.15, -0.1) is 9.79 Å². The predicted octanol–water partition coefficient (Wildman–Crippen LogP) is 7.83. The molecule has 4 nitrogen and oxygen atoms in total. The molecule has 0 saturated heterocycles. The number of rotatable bonds is 16. The van der Waals surface area contributed by atoms with E-state index < -0.39 is 8.25 Å². The first-order chi connectivity index (χ1) is 14.5. The molecule has 176 valence electrons. The molecule has 1 aromatic rings. The smallest absolute Gasteiger partial charge is 0.330 e. The van der Waals surface area contributed by atoms with Crippen molar-refractivity contribution in [2.24, 2.45) is 5.73 Å². The molecule has 0 aliphatic carbocycles. The first kappa shape index (κ1) is 31.4. The average Bonchev–Trinajstić information content (AvgIpc) is 2.71. The SMILES string of the molecule is CCCCCCCCCCCCCCCCCCN.Cc1ccccc1.O=[P+](O)O. The lowest BCUT2D eigenvalue weighted by molar-refractivity contribution is 0.405. The van der Waals surface area contributed by atoms with Crippen LogP contribution < -0.4 is 5.73 Å². The van der Waals surface area contributed by atoms with Gasteiger partial charge in [-0.2, -0.15) is 0 Å². The molecular formula is C25H49NO3P+. The highest BCUT2D eigenvalue weighted by molar-refractivity contribution is 7.30. The third-order valence-corrected chi connectivity index (χ3v) is 5.00. The lowest BCUT2D eigenvalue weighted by atomic mass is 10.0. The van der Waals surface area contributed by atoms with Crippen LogP contribution in [0.15, 0.2) is 30.3 Å². The Morgan fingerprint density at radius 1 is 0.667 bits per heavy atom. The molecule has 0 fully saturated rings. The van der Waals surface area contributed by atoms with Crippen LogP contribution in [-0.4, -0.2) is 16.3 Å². The summed E-state index contributed by atoms with van der Waals surface area (Å²) in [5.41, 5.74) is 6.80. The van der Waals surface area contributed by atoms with Crippen molar-refractivity contribution < 1.29 is 14.4 Å². The van der Waals surface area contributed by atoms with Crippen LogP contribution in [0.4, 0.5) is 0 Å². The second kappa shape index (κ2) is 28.2. The van der Waals surface area contributed by atoms with Gasteiger partial charge in [-0.3, -0.25) is 0 Å². The van der Waals surface area contributed by atoms with Crippen molar-refractivity contribution in [1.82, 2.24) is 0 Å². The molecule has 0 heterocycles. The molecule has 0 amide bonds. The number of hydrogen-bond donors (Lipinski definition) is 3. The zero-order chi connectivity index (χ0) is 22.7. The van der Waals surface area contributed by atoms with E-state index >= 15 is 0 Å². The summed E-state index contributed by atoms with van der Waals surface area (Å²) in [6.07, 6.45) is 22.9. The third-order valence-electron chi connectivity index (χ3n) is 5.00. The Bertz CT molecular complexity index is 423. The highest BCUT2D eigenvalue weighted by Crippen LogP contribution is 2.13. The van der Waals surface area contributed by atoms with E-state index in [1.54, 1.807) is 0 Å². The monoisotopic (exact) mass is 442 g/mol. The van der Waals surface area contributed by atoms with E-state index in [4.69, 9.17) is 20.1 Å². The molecule has 1 rings (SSSR count). The second-order valence-electron chi connectivity index (χ2n) is 8.00. The highest BCUT2D eigenvalue weighted by Gasteiger charge is 1.94. The largest absolute Gasteiger partial charge is 0.692 e. The van der Waals surface area contributed by atoms with Crippen LogP contribution in [0.5, 0.6) is 0 Å². The molecular weight excluding hydrogens is 393 g/mol. The minimum atomic E-state index is -2.87. The first-order valence-electron chi connectivity index (χ1n) is 12.1. The molecule has 0 aliphatic heterocycles. The molecule has 30 heavy (non-hydrogen) atoms. The van der Waals surface area contributed by atoms with E-state index in [1.807, 2.05) is 18.2 Å². The summed E-state index contributed by atoms with van der Waals surface area (Å²) in [7, 11) is -2.87. The Morgan fingerprint density at radius 3 is 1.20 bits per heavy atom. The molecule has 0 aliphatic rings. The zero-order valence-electron chi connectivity index (χ0n) is 19.7. The Balaban J connectivity index is 0. The van der Waals surface area contributed by atoms with E-state index in [2.05, 4.69) is 26.0 Å². The van der Waals surface area contributed by atoms with Crippen LogP contribution in [0.25, 0.3) is 0 Å². The molecule has 0 atom stereocenters. The standard InChI is InChI=1S/C18H39N.C7H8.HO3P/c1-2-3-4-5-6-7-8-9-10-11-12-13-14-15-16-17-18-19;1-7-5-3-2-4-6-7;1-4(2)3/h2-19H2,1H3;2-6H,1H3;(H-,1,2,3)/p+1. The molecule has 0 radical (unpaired) electrons. The third kappa shape index (κ3) is 34.7. The van der Waals surface area contributed by atoms with Gasteiger partial charge < -0.3 is 5.73 Å². The van der Waals surface area contributed by atoms with E-state index in [9.17, 15) is 0 Å². The van der Waals surface area contributed by atoms with Crippen LogP contribution in [0.3, 0.4) is 0 Å². The molecule has 0 saturated carbocycles. The fraction of sp³-hybridized carbons (Fsp3) is 0.760. The quantitative estimate of drug-likeness (QED) is 0.180. The minimum Gasteiger partial charge on any atom is -0.330 e. The molecule has 0 spiro atoms. The summed E-state index contributed by atoms with van der Waals surface area (Å²) in [5.74, 6) is 0. The fourth-order valence-corrected chi connectivity index (χ4v) is 3.23. The number of benzene rings is 1. The maximum atomic E-state index is 8.70. The molecule has 1 aromatic carbocycles. The van der Waals surface area contributed by atoms with Crippen LogP contribution in [-0.2, 0) is 4.57 Å². The van der Waals surface area contributed by atoms with Gasteiger partial charge in [-0.05, 0) is 19.9 Å². The molecule has 0 bridgehead atoms. The topological polar surface area (TPSA) is 83.6 Å². The van der Waals surface area contributed by atoms with E-state index in [0.29, 0.717) is 0 Å². The van der Waals surface area contributed by atoms with Crippen LogP contribution in [0.2, 0.25) is 0 Å². The zero-order valence-corrected chi connectivity index (χ0v) is 20.6. The van der Waals surface area contributed by atoms with Crippen molar-refractivity contribution >= 4 is 8.25 Å². The number of aryl methyl sites for hydroxylation is 1. The number of unbranched alkanes of at least 4 members (excludes halogenated alkanes) is 15. The summed E-state index contributed by atoms with van der Waals surface area (Å²) in [6.45, 7) is 5.25. The first-order valence-corrected chi connectivity index (χ1v) is 13.3. The number of nitrogens with two attached hydrogens (primary N) is 1. The lowest BCUT2D eigenvalue weighted by Gasteiger charge is -2.03. The highest BCUT2D eigenvalue weighted by atomic mass is 31.1. The van der Waals surface area contributed by atoms with Crippen LogP contribution >= 0.6 is 8.25 Å². The normalized spacial score (nSPS) is 9.90. The van der Waals surface area contributed by atoms with Crippen LogP contribution in [0.1, 0.15) is 115 Å². The summed E-state index contributed by atoms with van der Waals surface area (Å²) < 4.78 is 8.70. The molecule has 5 heteroatoms. The van der Waals surface area contributed by atoms with Gasteiger partial charge in [0.05, 0.1) is 0 Å². The van der Waals surface area contributed by atoms with Gasteiger partial charge in [0.2, 0.25) is 0 Å². The fourth-order valence-electron chi connectivity index (χ4n) is 3.23. The Hall–Kier alpha value is -0.800. The van der Waals surface area contributed by atoms with Crippen LogP contribution in [0, 0.1) is 6.92 Å². The van der Waals surface area contributed by atoms with Gasteiger partial charge in [0.15, 0.2) is 0 Å². The second-order valence-corrected chi connectivity index (χ2v) is 8.50. The number of hydrogen-bond acceptors (Lipinski definition) is 2. The van der Waals surface area contributed by atoms with Gasteiger partial charge in [0.1, 0.15) is 0 Å². The van der Waals surface area contributed by atoms with Gasteiger partial charge >= 0.3 is 8.25 Å². The van der Waals surface area contributed by atoms with Crippen molar-refractivity contribution in [3.8, 4) is 0 Å².